The fourth-order valence-corrected chi connectivity index (χ4v) is 1.91. The third kappa shape index (κ3) is 3.35. The topological polar surface area (TPSA) is 97.0 Å². The molecule has 0 saturated carbocycles. The van der Waals surface area contributed by atoms with Crippen LogP contribution in [0.3, 0.4) is 0 Å². The summed E-state index contributed by atoms with van der Waals surface area (Å²) in [6.45, 7) is 0. The van der Waals surface area contributed by atoms with Crippen LogP contribution in [0.2, 0.25) is 0 Å². The van der Waals surface area contributed by atoms with E-state index in [9.17, 15) is 19.3 Å². The summed E-state index contributed by atoms with van der Waals surface area (Å²) in [5.74, 6) is -0.778. The van der Waals surface area contributed by atoms with Crippen LogP contribution in [0, 0.1) is 15.9 Å². The first-order chi connectivity index (χ1) is 9.06. The molecule has 1 saturated heterocycles. The van der Waals surface area contributed by atoms with Crippen LogP contribution in [0.25, 0.3) is 0 Å². The van der Waals surface area contributed by atoms with Crippen LogP contribution in [-0.4, -0.2) is 28.0 Å². The Balaban J connectivity index is 2.13. The van der Waals surface area contributed by atoms with Crippen molar-refractivity contribution in [3.05, 3.63) is 39.7 Å². The molecule has 98 valence electrons. The number of hydrogen-bond acceptors (Lipinski definition) is 6. The Morgan fingerprint density at radius 2 is 2.32 bits per heavy atom. The lowest BCUT2D eigenvalue weighted by molar-refractivity contribution is -0.387. The SMILES string of the molecule is O=C1CSC(=NN=Cc2ccc(F)c([N+](=O)[O-])c2)N1. The van der Waals surface area contributed by atoms with Crippen molar-refractivity contribution in [2.45, 2.75) is 0 Å². The van der Waals surface area contributed by atoms with Crippen molar-refractivity contribution in [2.75, 3.05) is 5.75 Å². The quantitative estimate of drug-likeness (QED) is 0.513. The van der Waals surface area contributed by atoms with Gasteiger partial charge < -0.3 is 5.32 Å². The van der Waals surface area contributed by atoms with Gasteiger partial charge in [-0.3, -0.25) is 14.9 Å². The Labute approximate surface area is 110 Å². The first-order valence-electron chi connectivity index (χ1n) is 5.04. The van der Waals surface area contributed by atoms with E-state index in [0.29, 0.717) is 10.7 Å². The highest BCUT2D eigenvalue weighted by Gasteiger charge is 2.16. The summed E-state index contributed by atoms with van der Waals surface area (Å²) in [6.07, 6.45) is 1.24. The maximum absolute atomic E-state index is 13.1. The number of halogens is 1. The van der Waals surface area contributed by atoms with E-state index in [1.165, 1.54) is 24.0 Å². The zero-order valence-corrected chi connectivity index (χ0v) is 10.2. The van der Waals surface area contributed by atoms with Gasteiger partial charge in [-0.05, 0) is 12.1 Å². The standard InChI is InChI=1S/C10H7FN4O3S/c11-7-2-1-6(3-8(7)15(17)18)4-12-14-10-13-9(16)5-19-10/h1-4H,5H2,(H,13,14,16). The Bertz CT molecular complexity index is 602. The monoisotopic (exact) mass is 282 g/mol. The van der Waals surface area contributed by atoms with Crippen LogP contribution in [0.4, 0.5) is 10.1 Å². The first-order valence-corrected chi connectivity index (χ1v) is 6.02. The lowest BCUT2D eigenvalue weighted by Crippen LogP contribution is -2.19. The number of amides is 1. The second-order valence-electron chi connectivity index (χ2n) is 3.45. The van der Waals surface area contributed by atoms with Crippen LogP contribution in [0.5, 0.6) is 0 Å². The fourth-order valence-electron chi connectivity index (χ4n) is 1.28. The van der Waals surface area contributed by atoms with Gasteiger partial charge in [0, 0.05) is 11.6 Å². The number of nitrogens with one attached hydrogen (secondary N) is 1. The average molecular weight is 282 g/mol. The molecule has 1 aliphatic rings. The fraction of sp³-hybridized carbons (Fsp3) is 0.100. The molecule has 19 heavy (non-hydrogen) atoms. The van der Waals surface area contributed by atoms with Crippen LogP contribution in [0.1, 0.15) is 5.56 Å². The number of benzene rings is 1. The average Bonchev–Trinajstić information content (AvgIpc) is 2.77. The third-order valence-corrected chi connectivity index (χ3v) is 2.97. The molecule has 1 aromatic rings. The molecule has 1 heterocycles. The van der Waals surface area contributed by atoms with Gasteiger partial charge in [0.15, 0.2) is 5.17 Å². The smallest absolute Gasteiger partial charge is 0.303 e. The number of nitro groups is 1. The lowest BCUT2D eigenvalue weighted by Gasteiger charge is -1.95. The number of hydrogen-bond donors (Lipinski definition) is 1. The molecule has 2 rings (SSSR count). The van der Waals surface area contributed by atoms with Gasteiger partial charge in [0.1, 0.15) is 0 Å². The number of rotatable bonds is 3. The van der Waals surface area contributed by atoms with E-state index in [2.05, 4.69) is 15.5 Å². The Morgan fingerprint density at radius 1 is 1.53 bits per heavy atom. The molecule has 0 aromatic heterocycles. The van der Waals surface area contributed by atoms with Gasteiger partial charge in [-0.25, -0.2) is 0 Å². The lowest BCUT2D eigenvalue weighted by atomic mass is 10.2. The molecule has 1 amide bonds. The summed E-state index contributed by atoms with van der Waals surface area (Å²) in [6, 6.07) is 3.38. The van der Waals surface area contributed by atoms with Crippen molar-refractivity contribution in [1.29, 1.82) is 0 Å². The summed E-state index contributed by atoms with van der Waals surface area (Å²) in [5.41, 5.74) is -0.285. The number of amidine groups is 1. The minimum atomic E-state index is -0.910. The zero-order chi connectivity index (χ0) is 13.8. The van der Waals surface area contributed by atoms with E-state index in [-0.39, 0.29) is 11.7 Å². The van der Waals surface area contributed by atoms with Crippen LogP contribution >= 0.6 is 11.8 Å². The molecule has 9 heteroatoms. The highest BCUT2D eigenvalue weighted by Crippen LogP contribution is 2.17. The van der Waals surface area contributed by atoms with E-state index in [1.54, 1.807) is 0 Å². The zero-order valence-electron chi connectivity index (χ0n) is 9.37. The largest absolute Gasteiger partial charge is 0.305 e. The summed E-state index contributed by atoms with van der Waals surface area (Å²) in [7, 11) is 0. The highest BCUT2D eigenvalue weighted by atomic mass is 32.2. The summed E-state index contributed by atoms with van der Waals surface area (Å²) >= 11 is 1.20. The predicted octanol–water partition coefficient (Wildman–Crippen LogP) is 1.29. The molecule has 1 fully saturated rings. The summed E-state index contributed by atoms with van der Waals surface area (Å²) < 4.78 is 13.1. The van der Waals surface area contributed by atoms with E-state index >= 15 is 0 Å². The Hall–Kier alpha value is -2.29. The molecule has 1 aliphatic heterocycles. The molecule has 7 nitrogen and oxygen atoms in total. The van der Waals surface area contributed by atoms with E-state index in [0.717, 1.165) is 12.1 Å². The van der Waals surface area contributed by atoms with Gasteiger partial charge in [0.2, 0.25) is 11.7 Å². The third-order valence-electron chi connectivity index (χ3n) is 2.11. The van der Waals surface area contributed by atoms with Crippen molar-refractivity contribution >= 4 is 34.7 Å². The molecule has 0 unspecified atom stereocenters. The molecular formula is C10H7FN4O3S. The number of carbonyl (C=O) groups excluding carboxylic acids is 1. The van der Waals surface area contributed by atoms with Gasteiger partial charge in [0.25, 0.3) is 0 Å². The molecule has 1 aromatic carbocycles. The van der Waals surface area contributed by atoms with Gasteiger partial charge in [0.05, 0.1) is 16.9 Å². The molecule has 0 atom stereocenters. The minimum Gasteiger partial charge on any atom is -0.303 e. The summed E-state index contributed by atoms with van der Waals surface area (Å²) in [5, 5.41) is 20.8. The van der Waals surface area contributed by atoms with Crippen molar-refractivity contribution in [1.82, 2.24) is 5.32 Å². The normalized spacial score (nSPS) is 17.1. The molecule has 0 aliphatic carbocycles. The van der Waals surface area contributed by atoms with Crippen LogP contribution in [-0.2, 0) is 4.79 Å². The van der Waals surface area contributed by atoms with Gasteiger partial charge in [-0.1, -0.05) is 11.8 Å². The number of nitro benzene ring substituents is 1. The van der Waals surface area contributed by atoms with E-state index in [4.69, 9.17) is 0 Å². The molecule has 0 radical (unpaired) electrons. The first kappa shape index (κ1) is 13.1. The number of thioether (sulfide) groups is 1. The van der Waals surface area contributed by atoms with E-state index < -0.39 is 16.4 Å². The van der Waals surface area contributed by atoms with Crippen LogP contribution < -0.4 is 5.32 Å². The summed E-state index contributed by atoms with van der Waals surface area (Å²) in [4.78, 5) is 20.6. The number of carbonyl (C=O) groups is 1. The second kappa shape index (κ2) is 5.57. The highest BCUT2D eigenvalue weighted by molar-refractivity contribution is 8.15. The minimum absolute atomic E-state index is 0.156. The van der Waals surface area contributed by atoms with E-state index in [1.807, 2.05) is 0 Å². The Morgan fingerprint density at radius 3 is 2.95 bits per heavy atom. The molecule has 0 bridgehead atoms. The van der Waals surface area contributed by atoms with Crippen LogP contribution in [0.15, 0.2) is 28.4 Å². The van der Waals surface area contributed by atoms with Gasteiger partial charge >= 0.3 is 5.69 Å². The molecule has 0 spiro atoms. The van der Waals surface area contributed by atoms with Crippen molar-refractivity contribution in [2.24, 2.45) is 10.2 Å². The Kier molecular flexibility index (Phi) is 3.85. The molecule has 1 N–H and O–H groups in total. The van der Waals surface area contributed by atoms with Crippen molar-refractivity contribution < 1.29 is 14.1 Å². The number of nitrogens with zero attached hydrogens (tertiary/aromatic N) is 3. The van der Waals surface area contributed by atoms with Gasteiger partial charge in [-0.15, -0.1) is 5.10 Å². The maximum Gasteiger partial charge on any atom is 0.305 e. The van der Waals surface area contributed by atoms with Crippen molar-refractivity contribution in [3.63, 3.8) is 0 Å². The predicted molar refractivity (Wildman–Crippen MR) is 68.7 cm³/mol. The van der Waals surface area contributed by atoms with Gasteiger partial charge in [-0.2, -0.15) is 9.49 Å². The maximum atomic E-state index is 13.1. The second-order valence-corrected chi connectivity index (χ2v) is 4.42. The van der Waals surface area contributed by atoms with Crippen molar-refractivity contribution in [3.8, 4) is 0 Å². The molecular weight excluding hydrogens is 275 g/mol.